The number of anilines is 1. The number of aryl methyl sites for hydroxylation is 3. The van der Waals surface area contributed by atoms with Crippen LogP contribution >= 0.6 is 0 Å². The molecule has 5 rings (SSSR count). The van der Waals surface area contributed by atoms with Crippen molar-refractivity contribution in [1.82, 2.24) is 14.9 Å². The average molecular weight is 651 g/mol. The number of nitrogens with zero attached hydrogens (tertiary/aromatic N) is 2. The van der Waals surface area contributed by atoms with Gasteiger partial charge in [0.25, 0.3) is 0 Å². The number of esters is 1. The van der Waals surface area contributed by atoms with Gasteiger partial charge in [-0.15, -0.1) is 0 Å². The molecule has 1 aliphatic heterocycles. The Labute approximate surface area is 275 Å². The zero-order valence-corrected chi connectivity index (χ0v) is 28.0. The van der Waals surface area contributed by atoms with Crippen LogP contribution in [0.3, 0.4) is 0 Å². The standard InChI is InChI=1S/C18H22F3N3.C10H11NO3.C9H12/c1-12-7-9-24(10-8-12)11-16-13(2)22-17(23-16)14-3-5-15(6-4-14)18(19,20)21;1-7(12)11-9-5-3-8(4-6-9)10(13)14-2;1-3-9-6-4-5-8(2)7-9/h3-6,12H,7-11H2,1-2H3,(H,22,23);3-6H,1-2H3,(H,11,12);4-7H,3H2,1-2H3. The van der Waals surface area contributed by atoms with Crippen LogP contribution in [0.1, 0.15) is 72.0 Å². The number of likely N-dealkylation sites (tertiary alicyclic amines) is 1. The summed E-state index contributed by atoms with van der Waals surface area (Å²) < 4.78 is 42.5. The molecule has 2 N–H and O–H groups in total. The number of aromatic nitrogens is 2. The van der Waals surface area contributed by atoms with Crippen LogP contribution < -0.4 is 5.32 Å². The Morgan fingerprint density at radius 3 is 2.15 bits per heavy atom. The van der Waals surface area contributed by atoms with E-state index >= 15 is 0 Å². The van der Waals surface area contributed by atoms with E-state index in [1.165, 1.54) is 50.1 Å². The monoisotopic (exact) mass is 650 g/mol. The van der Waals surface area contributed by atoms with Crippen molar-refractivity contribution in [1.29, 1.82) is 0 Å². The van der Waals surface area contributed by atoms with E-state index in [2.05, 4.69) is 70.0 Å². The van der Waals surface area contributed by atoms with Gasteiger partial charge >= 0.3 is 12.1 Å². The quantitative estimate of drug-likeness (QED) is 0.204. The van der Waals surface area contributed by atoms with Gasteiger partial charge in [0.2, 0.25) is 5.91 Å². The number of imidazole rings is 1. The number of methoxy groups -OCH3 is 1. The molecule has 1 aliphatic rings. The van der Waals surface area contributed by atoms with Gasteiger partial charge in [-0.05, 0) is 94.1 Å². The number of halogens is 3. The van der Waals surface area contributed by atoms with E-state index in [0.29, 0.717) is 22.6 Å². The van der Waals surface area contributed by atoms with Crippen LogP contribution in [0, 0.1) is 19.8 Å². The highest BCUT2D eigenvalue weighted by Gasteiger charge is 2.30. The van der Waals surface area contributed by atoms with Gasteiger partial charge < -0.3 is 15.0 Å². The Hall–Kier alpha value is -4.44. The Bertz CT molecular complexity index is 1570. The number of carbonyl (C=O) groups excluding carboxylic acids is 2. The van der Waals surface area contributed by atoms with E-state index in [0.717, 1.165) is 55.5 Å². The second-order valence-electron chi connectivity index (χ2n) is 11.8. The molecule has 4 aromatic rings. The number of amides is 1. The smallest absolute Gasteiger partial charge is 0.416 e. The average Bonchev–Trinajstić information content (AvgIpc) is 3.41. The lowest BCUT2D eigenvalue weighted by molar-refractivity contribution is -0.137. The maximum atomic E-state index is 12.6. The van der Waals surface area contributed by atoms with Gasteiger partial charge in [-0.2, -0.15) is 13.2 Å². The molecular weight excluding hydrogens is 605 g/mol. The lowest BCUT2D eigenvalue weighted by Crippen LogP contribution is -2.32. The largest absolute Gasteiger partial charge is 0.465 e. The number of alkyl halides is 3. The molecule has 0 bridgehead atoms. The van der Waals surface area contributed by atoms with Crippen molar-refractivity contribution in [2.75, 3.05) is 25.5 Å². The van der Waals surface area contributed by atoms with Crippen LogP contribution in [0.2, 0.25) is 0 Å². The lowest BCUT2D eigenvalue weighted by atomic mass is 9.99. The first kappa shape index (κ1) is 37.0. The fourth-order valence-electron chi connectivity index (χ4n) is 4.98. The Morgan fingerprint density at radius 2 is 1.64 bits per heavy atom. The fraction of sp³-hybridized carbons (Fsp3) is 0.378. The number of H-pyrrole nitrogens is 1. The van der Waals surface area contributed by atoms with Crippen LogP contribution in [0.15, 0.2) is 72.8 Å². The van der Waals surface area contributed by atoms with E-state index in [4.69, 9.17) is 0 Å². The minimum Gasteiger partial charge on any atom is -0.465 e. The van der Waals surface area contributed by atoms with Crippen LogP contribution in [0.25, 0.3) is 11.4 Å². The molecule has 0 aliphatic carbocycles. The predicted molar refractivity (Wildman–Crippen MR) is 180 cm³/mol. The minimum absolute atomic E-state index is 0.143. The molecule has 10 heteroatoms. The fourth-order valence-corrected chi connectivity index (χ4v) is 4.98. The van der Waals surface area contributed by atoms with E-state index in [1.807, 2.05) is 6.92 Å². The number of ether oxygens (including phenoxy) is 1. The Balaban J connectivity index is 0.000000219. The first-order chi connectivity index (χ1) is 22.3. The first-order valence-electron chi connectivity index (χ1n) is 15.8. The number of hydrogen-bond acceptors (Lipinski definition) is 5. The SMILES string of the molecule is CCc1cccc(C)c1.COC(=O)c1ccc(NC(C)=O)cc1.Cc1[nH]c(-c2ccc(C(F)(F)F)cc2)nc1CN1CCC(C)CC1. The van der Waals surface area contributed by atoms with Gasteiger partial charge in [0.1, 0.15) is 5.82 Å². The van der Waals surface area contributed by atoms with E-state index in [1.54, 1.807) is 24.3 Å². The summed E-state index contributed by atoms with van der Waals surface area (Å²) in [6, 6.07) is 20.2. The van der Waals surface area contributed by atoms with Crippen molar-refractivity contribution >= 4 is 17.6 Å². The molecule has 0 atom stereocenters. The molecule has 7 nitrogen and oxygen atoms in total. The van der Waals surface area contributed by atoms with E-state index in [9.17, 15) is 22.8 Å². The molecule has 0 radical (unpaired) electrons. The number of rotatable bonds is 6. The third-order valence-electron chi connectivity index (χ3n) is 7.84. The van der Waals surface area contributed by atoms with E-state index < -0.39 is 11.7 Å². The second-order valence-corrected chi connectivity index (χ2v) is 11.8. The normalized spacial score (nSPS) is 13.5. The van der Waals surface area contributed by atoms with Crippen molar-refractivity contribution in [3.05, 3.63) is 106 Å². The van der Waals surface area contributed by atoms with Crippen LogP contribution in [-0.4, -0.2) is 46.9 Å². The molecule has 47 heavy (non-hydrogen) atoms. The summed E-state index contributed by atoms with van der Waals surface area (Å²) in [4.78, 5) is 31.9. The van der Waals surface area contributed by atoms with Gasteiger partial charge in [-0.3, -0.25) is 9.69 Å². The van der Waals surface area contributed by atoms with Crippen molar-refractivity contribution < 1.29 is 27.5 Å². The summed E-state index contributed by atoms with van der Waals surface area (Å²) in [5, 5.41) is 2.60. The minimum atomic E-state index is -4.31. The molecule has 1 saturated heterocycles. The molecule has 1 aromatic heterocycles. The van der Waals surface area contributed by atoms with Crippen molar-refractivity contribution in [3.8, 4) is 11.4 Å². The van der Waals surface area contributed by atoms with Crippen molar-refractivity contribution in [3.63, 3.8) is 0 Å². The summed E-state index contributed by atoms with van der Waals surface area (Å²) in [5.74, 6) is 0.876. The number of aromatic amines is 1. The van der Waals surface area contributed by atoms with Gasteiger partial charge in [-0.1, -0.05) is 55.8 Å². The van der Waals surface area contributed by atoms with Gasteiger partial charge in [0, 0.05) is 30.4 Å². The summed E-state index contributed by atoms with van der Waals surface area (Å²) in [6.07, 6.45) is -0.764. The highest BCUT2D eigenvalue weighted by atomic mass is 19.4. The Kier molecular flexibility index (Phi) is 13.8. The summed E-state index contributed by atoms with van der Waals surface area (Å²) >= 11 is 0. The predicted octanol–water partition coefficient (Wildman–Crippen LogP) is 8.62. The van der Waals surface area contributed by atoms with Gasteiger partial charge in [0.05, 0.1) is 23.9 Å². The third kappa shape index (κ3) is 12.0. The second kappa shape index (κ2) is 17.5. The molecule has 0 saturated carbocycles. The molecule has 0 unspecified atom stereocenters. The van der Waals surface area contributed by atoms with Gasteiger partial charge in [-0.25, -0.2) is 9.78 Å². The molecule has 2 heterocycles. The van der Waals surface area contributed by atoms with Crippen molar-refractivity contribution in [2.45, 2.75) is 66.6 Å². The zero-order valence-electron chi connectivity index (χ0n) is 28.0. The van der Waals surface area contributed by atoms with Crippen LogP contribution in [0.5, 0.6) is 0 Å². The highest BCUT2D eigenvalue weighted by molar-refractivity contribution is 5.92. The topological polar surface area (TPSA) is 87.3 Å². The zero-order chi connectivity index (χ0) is 34.6. The number of nitrogens with one attached hydrogen (secondary N) is 2. The molecule has 252 valence electrons. The van der Waals surface area contributed by atoms with Crippen molar-refractivity contribution in [2.24, 2.45) is 5.92 Å². The number of hydrogen-bond donors (Lipinski definition) is 2. The Morgan fingerprint density at radius 1 is 1.00 bits per heavy atom. The first-order valence-corrected chi connectivity index (χ1v) is 15.8. The maximum Gasteiger partial charge on any atom is 0.416 e. The van der Waals surface area contributed by atoms with E-state index in [-0.39, 0.29) is 11.9 Å². The lowest BCUT2D eigenvalue weighted by Gasteiger charge is -2.29. The molecule has 1 amide bonds. The molecular formula is C37H45F3N4O3. The highest BCUT2D eigenvalue weighted by Crippen LogP contribution is 2.31. The molecule has 1 fully saturated rings. The summed E-state index contributed by atoms with van der Waals surface area (Å²) in [6.45, 7) is 12.9. The number of piperidine rings is 1. The van der Waals surface area contributed by atoms with Crippen LogP contribution in [0.4, 0.5) is 18.9 Å². The summed E-state index contributed by atoms with van der Waals surface area (Å²) in [5.41, 5.74) is 5.88. The maximum absolute atomic E-state index is 12.6. The number of carbonyl (C=O) groups is 2. The summed E-state index contributed by atoms with van der Waals surface area (Å²) in [7, 11) is 1.32. The van der Waals surface area contributed by atoms with Gasteiger partial charge in [0.15, 0.2) is 0 Å². The van der Waals surface area contributed by atoms with Crippen LogP contribution in [-0.2, 0) is 28.7 Å². The number of benzene rings is 3. The third-order valence-corrected chi connectivity index (χ3v) is 7.84. The molecule has 0 spiro atoms. The molecule has 3 aromatic carbocycles.